The average Bonchev–Trinajstić information content (AvgIpc) is 1.63. The van der Waals surface area contributed by atoms with Crippen molar-refractivity contribution < 1.29 is 9.90 Å². The molecule has 0 aromatic carbocycles. The van der Waals surface area contributed by atoms with E-state index < -0.39 is 10.8 Å². The van der Waals surface area contributed by atoms with Crippen LogP contribution in [0.4, 0.5) is 0 Å². The molecule has 0 aromatic rings. The molecule has 0 unspecified atom stereocenters. The first-order chi connectivity index (χ1) is 4.04. The van der Waals surface area contributed by atoms with Crippen LogP contribution in [0.3, 0.4) is 0 Å². The van der Waals surface area contributed by atoms with E-state index in [4.69, 9.17) is 39.9 Å². The number of hydrogen-bond donors (Lipinski definition) is 1. The third-order valence-corrected chi connectivity index (χ3v) is 1.49. The highest BCUT2D eigenvalue weighted by molar-refractivity contribution is 6.52. The van der Waals surface area contributed by atoms with Gasteiger partial charge in [0.15, 0.2) is 0 Å². The van der Waals surface area contributed by atoms with E-state index in [1.54, 1.807) is 0 Å². The second-order valence-electron chi connectivity index (χ2n) is 1.17. The Balaban J connectivity index is 4.00. The molecule has 0 saturated carbocycles. The van der Waals surface area contributed by atoms with E-state index >= 15 is 0 Å². The molecule has 0 saturated heterocycles. The normalized spacial score (nSPS) is 12.2. The summed E-state index contributed by atoms with van der Waals surface area (Å²) in [5, 5.41) is 7.96. The fourth-order valence-electron chi connectivity index (χ4n) is 0.181. The summed E-state index contributed by atoms with van der Waals surface area (Å²) in [6, 6.07) is 0. The Labute approximate surface area is 67.0 Å². The lowest BCUT2D eigenvalue weighted by Gasteiger charge is -1.93. The molecule has 0 radical (unpaired) electrons. The van der Waals surface area contributed by atoms with Crippen molar-refractivity contribution >= 4 is 40.8 Å². The molecule has 52 valence electrons. The second kappa shape index (κ2) is 3.99. The number of hydrogen-bond acceptors (Lipinski definition) is 1. The molecule has 0 amide bonds. The van der Waals surface area contributed by atoms with Crippen LogP contribution in [-0.4, -0.2) is 15.9 Å². The molecule has 0 aromatic heterocycles. The van der Waals surface area contributed by atoms with Gasteiger partial charge in [-0.1, -0.05) is 34.8 Å². The monoisotopic (exact) mass is 188 g/mol. The van der Waals surface area contributed by atoms with Crippen LogP contribution >= 0.6 is 34.8 Å². The lowest BCUT2D eigenvalue weighted by molar-refractivity contribution is -0.131. The van der Waals surface area contributed by atoms with E-state index in [9.17, 15) is 4.79 Å². The summed E-state index contributed by atoms with van der Waals surface area (Å²) >= 11 is 15.6. The maximum atomic E-state index is 9.84. The first-order valence-electron chi connectivity index (χ1n) is 1.92. The molecule has 0 heterocycles. The SMILES string of the molecule is O=C(O)/C=C(\Cl)C(Cl)Cl. The number of alkyl halides is 2. The molecular weight excluding hydrogens is 186 g/mol. The van der Waals surface area contributed by atoms with Crippen LogP contribution in [0, 0.1) is 0 Å². The molecule has 0 fully saturated rings. The third kappa shape index (κ3) is 4.58. The molecule has 0 bridgehead atoms. The van der Waals surface area contributed by atoms with Crippen LogP contribution in [0.15, 0.2) is 11.1 Å². The summed E-state index contributed by atoms with van der Waals surface area (Å²) < 4.78 is 0. The molecular formula is C4H3Cl3O2. The number of aliphatic carboxylic acids is 1. The summed E-state index contributed by atoms with van der Waals surface area (Å²) in [6.45, 7) is 0. The average molecular weight is 189 g/mol. The van der Waals surface area contributed by atoms with Crippen molar-refractivity contribution in [2.45, 2.75) is 4.84 Å². The predicted octanol–water partition coefficient (Wildman–Crippen LogP) is 2.00. The number of allylic oxidation sites excluding steroid dienone is 1. The van der Waals surface area contributed by atoms with Crippen molar-refractivity contribution in [1.82, 2.24) is 0 Å². The molecule has 0 rings (SSSR count). The number of carboxylic acid groups (broad SMARTS) is 1. The Morgan fingerprint density at radius 2 is 2.00 bits per heavy atom. The molecule has 2 nitrogen and oxygen atoms in total. The van der Waals surface area contributed by atoms with E-state index in [2.05, 4.69) is 0 Å². The van der Waals surface area contributed by atoms with Crippen molar-refractivity contribution in [3.63, 3.8) is 0 Å². The molecule has 0 aliphatic rings. The van der Waals surface area contributed by atoms with Crippen molar-refractivity contribution in [2.75, 3.05) is 0 Å². The Morgan fingerprint density at radius 3 is 2.11 bits per heavy atom. The van der Waals surface area contributed by atoms with Gasteiger partial charge in [-0.3, -0.25) is 0 Å². The molecule has 5 heteroatoms. The number of carboxylic acids is 1. The van der Waals surface area contributed by atoms with Crippen LogP contribution in [-0.2, 0) is 4.79 Å². The van der Waals surface area contributed by atoms with Crippen molar-refractivity contribution in [3.05, 3.63) is 11.1 Å². The topological polar surface area (TPSA) is 37.3 Å². The van der Waals surface area contributed by atoms with Gasteiger partial charge < -0.3 is 5.11 Å². The van der Waals surface area contributed by atoms with Crippen molar-refractivity contribution in [1.29, 1.82) is 0 Å². The predicted molar refractivity (Wildman–Crippen MR) is 37.1 cm³/mol. The Kier molecular flexibility index (Phi) is 4.02. The van der Waals surface area contributed by atoms with Gasteiger partial charge in [0.1, 0.15) is 4.84 Å². The lowest BCUT2D eigenvalue weighted by Crippen LogP contribution is -1.93. The van der Waals surface area contributed by atoms with Gasteiger partial charge in [0, 0.05) is 6.08 Å². The minimum absolute atomic E-state index is 0.0918. The van der Waals surface area contributed by atoms with Crippen LogP contribution in [0.5, 0.6) is 0 Å². The zero-order valence-corrected chi connectivity index (χ0v) is 6.41. The molecule has 0 atom stereocenters. The molecule has 0 aliphatic carbocycles. The third-order valence-electron chi connectivity index (χ3n) is 0.470. The summed E-state index contributed by atoms with van der Waals surface area (Å²) in [6.07, 6.45) is 0.742. The smallest absolute Gasteiger partial charge is 0.329 e. The second-order valence-corrected chi connectivity index (χ2v) is 2.70. The molecule has 0 aliphatic heterocycles. The summed E-state index contributed by atoms with van der Waals surface area (Å²) in [4.78, 5) is 8.88. The van der Waals surface area contributed by atoms with Crippen LogP contribution in [0.25, 0.3) is 0 Å². The van der Waals surface area contributed by atoms with Gasteiger partial charge >= 0.3 is 5.97 Å². The van der Waals surface area contributed by atoms with E-state index in [0.717, 1.165) is 6.08 Å². The number of rotatable bonds is 2. The van der Waals surface area contributed by atoms with Gasteiger partial charge in [-0.2, -0.15) is 0 Å². The van der Waals surface area contributed by atoms with Crippen molar-refractivity contribution in [3.8, 4) is 0 Å². The quantitative estimate of drug-likeness (QED) is 0.533. The standard InChI is InChI=1S/C4H3Cl3O2/c5-2(4(6)7)1-3(8)9/h1,4H,(H,8,9)/b2-1-. The Bertz CT molecular complexity index is 141. The molecule has 1 N–H and O–H groups in total. The van der Waals surface area contributed by atoms with Gasteiger partial charge in [0.05, 0.1) is 5.03 Å². The van der Waals surface area contributed by atoms with Gasteiger partial charge in [0.25, 0.3) is 0 Å². The minimum atomic E-state index is -1.16. The molecule has 9 heavy (non-hydrogen) atoms. The highest BCUT2D eigenvalue weighted by Crippen LogP contribution is 2.17. The number of halogens is 3. The fraction of sp³-hybridized carbons (Fsp3) is 0.250. The van der Waals surface area contributed by atoms with E-state index in [-0.39, 0.29) is 5.03 Å². The zero-order valence-electron chi connectivity index (χ0n) is 4.14. The van der Waals surface area contributed by atoms with Crippen LogP contribution < -0.4 is 0 Å². The maximum absolute atomic E-state index is 9.84. The minimum Gasteiger partial charge on any atom is -0.478 e. The van der Waals surface area contributed by atoms with Crippen LogP contribution in [0.2, 0.25) is 0 Å². The van der Waals surface area contributed by atoms with Crippen molar-refractivity contribution in [2.24, 2.45) is 0 Å². The van der Waals surface area contributed by atoms with Crippen LogP contribution in [0.1, 0.15) is 0 Å². The lowest BCUT2D eigenvalue weighted by atomic mass is 10.5. The van der Waals surface area contributed by atoms with Gasteiger partial charge in [-0.15, -0.1) is 0 Å². The van der Waals surface area contributed by atoms with E-state index in [1.807, 2.05) is 0 Å². The first-order valence-corrected chi connectivity index (χ1v) is 3.17. The first kappa shape index (κ1) is 9.08. The van der Waals surface area contributed by atoms with Gasteiger partial charge in [-0.05, 0) is 0 Å². The fourth-order valence-corrected chi connectivity index (χ4v) is 0.400. The highest BCUT2D eigenvalue weighted by Gasteiger charge is 2.04. The maximum Gasteiger partial charge on any atom is 0.329 e. The van der Waals surface area contributed by atoms with E-state index in [0.29, 0.717) is 0 Å². The Hall–Kier alpha value is 0.0800. The highest BCUT2D eigenvalue weighted by atomic mass is 35.5. The van der Waals surface area contributed by atoms with Gasteiger partial charge in [0.2, 0.25) is 0 Å². The summed E-state index contributed by atoms with van der Waals surface area (Å²) in [5.41, 5.74) is 0. The molecule has 0 spiro atoms. The largest absolute Gasteiger partial charge is 0.478 e. The zero-order chi connectivity index (χ0) is 7.44. The summed E-state index contributed by atoms with van der Waals surface area (Å²) in [7, 11) is 0. The van der Waals surface area contributed by atoms with E-state index in [1.165, 1.54) is 0 Å². The number of carbonyl (C=O) groups is 1. The van der Waals surface area contributed by atoms with Gasteiger partial charge in [-0.25, -0.2) is 4.79 Å². The Morgan fingerprint density at radius 1 is 1.56 bits per heavy atom. The summed E-state index contributed by atoms with van der Waals surface area (Å²) in [5.74, 6) is -1.16.